The zero-order valence-corrected chi connectivity index (χ0v) is 18.6. The first-order valence-corrected chi connectivity index (χ1v) is 10.9. The van der Waals surface area contributed by atoms with Crippen molar-refractivity contribution in [3.63, 3.8) is 0 Å². The molecule has 1 N–H and O–H groups in total. The summed E-state index contributed by atoms with van der Waals surface area (Å²) >= 11 is 0. The Labute approximate surface area is 186 Å². The van der Waals surface area contributed by atoms with Crippen LogP contribution in [0.3, 0.4) is 0 Å². The molecule has 0 spiro atoms. The lowest BCUT2D eigenvalue weighted by molar-refractivity contribution is -0.120. The zero-order chi connectivity index (χ0) is 22.7. The summed E-state index contributed by atoms with van der Waals surface area (Å²) in [7, 11) is 0. The van der Waals surface area contributed by atoms with Gasteiger partial charge in [-0.15, -0.1) is 0 Å². The van der Waals surface area contributed by atoms with Crippen LogP contribution in [-0.4, -0.2) is 25.2 Å². The predicted molar refractivity (Wildman–Crippen MR) is 125 cm³/mol. The second-order valence-corrected chi connectivity index (χ2v) is 8.15. The molecule has 0 radical (unpaired) electrons. The maximum absolute atomic E-state index is 12.6. The number of rotatable bonds is 8. The van der Waals surface area contributed by atoms with Crippen molar-refractivity contribution >= 4 is 27.8 Å². The number of carbonyl (C=O) groups excluding carboxylic acids is 1. The van der Waals surface area contributed by atoms with Crippen molar-refractivity contribution in [1.29, 1.82) is 0 Å². The largest absolute Gasteiger partial charge is 0.464 e. The smallest absolute Gasteiger partial charge is 0.340 e. The van der Waals surface area contributed by atoms with Crippen LogP contribution in [0.2, 0.25) is 0 Å². The molecule has 0 unspecified atom stereocenters. The first kappa shape index (κ1) is 21.8. The third-order valence-corrected chi connectivity index (χ3v) is 5.50. The highest BCUT2D eigenvalue weighted by Gasteiger charge is 2.17. The van der Waals surface area contributed by atoms with Gasteiger partial charge in [-0.3, -0.25) is 4.79 Å². The quantitative estimate of drug-likeness (QED) is 0.313. The molecular weight excluding hydrogens is 406 g/mol. The van der Waals surface area contributed by atoms with Crippen LogP contribution in [0.1, 0.15) is 31.4 Å². The fourth-order valence-corrected chi connectivity index (χ4v) is 3.80. The number of benzene rings is 2. The maximum Gasteiger partial charge on any atom is 0.340 e. The standard InChI is InChI=1S/C26H27NO5/c1-16(2)30-11-7-10-27-25(28)13-20-17(3)19-12-21-22(18-8-5-4-6-9-18)15-31-23(21)14-24(19)32-26(20)29/h4-6,8-9,12,14-16H,7,10-11,13H2,1-3H3,(H,27,28). The highest BCUT2D eigenvalue weighted by Crippen LogP contribution is 2.34. The molecule has 0 saturated carbocycles. The van der Waals surface area contributed by atoms with Crippen LogP contribution in [0.4, 0.5) is 0 Å². The summed E-state index contributed by atoms with van der Waals surface area (Å²) in [5.74, 6) is -0.210. The van der Waals surface area contributed by atoms with Gasteiger partial charge in [0.05, 0.1) is 24.4 Å². The Morgan fingerprint density at radius 2 is 1.88 bits per heavy atom. The first-order chi connectivity index (χ1) is 15.4. The molecule has 32 heavy (non-hydrogen) atoms. The Morgan fingerprint density at radius 3 is 2.62 bits per heavy atom. The Bertz CT molecular complexity index is 1300. The summed E-state index contributed by atoms with van der Waals surface area (Å²) in [6.45, 7) is 6.88. The van der Waals surface area contributed by atoms with Crippen molar-refractivity contribution < 1.29 is 18.4 Å². The molecule has 4 aromatic rings. The second kappa shape index (κ2) is 9.40. The highest BCUT2D eigenvalue weighted by molar-refractivity contribution is 6.02. The van der Waals surface area contributed by atoms with E-state index in [0.717, 1.165) is 33.9 Å². The molecule has 0 bridgehead atoms. The van der Waals surface area contributed by atoms with Gasteiger partial charge < -0.3 is 18.9 Å². The molecular formula is C26H27NO5. The van der Waals surface area contributed by atoms with Gasteiger partial charge in [-0.1, -0.05) is 30.3 Å². The molecule has 2 aromatic heterocycles. The van der Waals surface area contributed by atoms with Crippen LogP contribution in [0.15, 0.2) is 62.4 Å². The van der Waals surface area contributed by atoms with Gasteiger partial charge in [-0.05, 0) is 44.4 Å². The fourth-order valence-electron chi connectivity index (χ4n) is 3.80. The number of fused-ring (bicyclic) bond motifs is 2. The SMILES string of the molecule is Cc1c(CC(=O)NCCCOC(C)C)c(=O)oc2cc3occ(-c4ccccc4)c3cc12. The van der Waals surface area contributed by atoms with E-state index in [1.165, 1.54) is 0 Å². The molecule has 2 heterocycles. The van der Waals surface area contributed by atoms with Crippen LogP contribution in [0.25, 0.3) is 33.1 Å². The fraction of sp³-hybridized carbons (Fsp3) is 0.308. The summed E-state index contributed by atoms with van der Waals surface area (Å²) in [5, 5.41) is 4.58. The summed E-state index contributed by atoms with van der Waals surface area (Å²) in [5.41, 5.74) is 3.73. The molecule has 166 valence electrons. The monoisotopic (exact) mass is 433 g/mol. The van der Waals surface area contributed by atoms with Crippen LogP contribution in [0.5, 0.6) is 0 Å². The van der Waals surface area contributed by atoms with E-state index in [1.54, 1.807) is 12.3 Å². The minimum absolute atomic E-state index is 0.0237. The number of carbonyl (C=O) groups is 1. The van der Waals surface area contributed by atoms with Crippen molar-refractivity contribution in [3.05, 3.63) is 70.3 Å². The molecule has 6 heteroatoms. The molecule has 4 rings (SSSR count). The zero-order valence-electron chi connectivity index (χ0n) is 18.6. The van der Waals surface area contributed by atoms with E-state index in [4.69, 9.17) is 13.6 Å². The lowest BCUT2D eigenvalue weighted by atomic mass is 9.99. The van der Waals surface area contributed by atoms with Crippen molar-refractivity contribution in [2.45, 2.75) is 39.7 Å². The van der Waals surface area contributed by atoms with Gasteiger partial charge in [0.25, 0.3) is 0 Å². The van der Waals surface area contributed by atoms with E-state index in [-0.39, 0.29) is 18.4 Å². The number of amides is 1. The van der Waals surface area contributed by atoms with Gasteiger partial charge in [0.15, 0.2) is 0 Å². The number of hydrogen-bond donors (Lipinski definition) is 1. The van der Waals surface area contributed by atoms with Crippen LogP contribution < -0.4 is 10.9 Å². The number of hydrogen-bond acceptors (Lipinski definition) is 5. The lowest BCUT2D eigenvalue weighted by Crippen LogP contribution is -2.29. The van der Waals surface area contributed by atoms with E-state index < -0.39 is 5.63 Å². The average Bonchev–Trinajstić information content (AvgIpc) is 3.18. The molecule has 0 aliphatic heterocycles. The van der Waals surface area contributed by atoms with Crippen molar-refractivity contribution in [2.75, 3.05) is 13.2 Å². The van der Waals surface area contributed by atoms with Crippen LogP contribution in [-0.2, 0) is 16.0 Å². The van der Waals surface area contributed by atoms with Crippen LogP contribution >= 0.6 is 0 Å². The van der Waals surface area contributed by atoms with Crippen LogP contribution in [0, 0.1) is 6.92 Å². The normalized spacial score (nSPS) is 11.5. The number of aryl methyl sites for hydroxylation is 1. The Kier molecular flexibility index (Phi) is 6.42. The Balaban J connectivity index is 1.61. The molecule has 0 aliphatic carbocycles. The van der Waals surface area contributed by atoms with Gasteiger partial charge in [-0.2, -0.15) is 0 Å². The molecule has 0 saturated heterocycles. The van der Waals surface area contributed by atoms with Gasteiger partial charge in [0.1, 0.15) is 11.2 Å². The molecule has 0 fully saturated rings. The molecule has 6 nitrogen and oxygen atoms in total. The van der Waals surface area contributed by atoms with Crippen molar-refractivity contribution in [3.8, 4) is 11.1 Å². The summed E-state index contributed by atoms with van der Waals surface area (Å²) < 4.78 is 16.8. The van der Waals surface area contributed by atoms with E-state index >= 15 is 0 Å². The van der Waals surface area contributed by atoms with Gasteiger partial charge in [0, 0.05) is 35.6 Å². The summed E-state index contributed by atoms with van der Waals surface area (Å²) in [4.78, 5) is 25.0. The third-order valence-electron chi connectivity index (χ3n) is 5.50. The summed E-state index contributed by atoms with van der Waals surface area (Å²) in [6, 6.07) is 13.7. The first-order valence-electron chi connectivity index (χ1n) is 10.9. The molecule has 0 atom stereocenters. The predicted octanol–water partition coefficient (Wildman–Crippen LogP) is 4.99. The van der Waals surface area contributed by atoms with E-state index in [1.807, 2.05) is 57.2 Å². The number of ether oxygens (including phenoxy) is 1. The van der Waals surface area contributed by atoms with Crippen molar-refractivity contribution in [2.24, 2.45) is 0 Å². The average molecular weight is 434 g/mol. The number of nitrogens with one attached hydrogen (secondary N) is 1. The van der Waals surface area contributed by atoms with Crippen molar-refractivity contribution in [1.82, 2.24) is 5.32 Å². The summed E-state index contributed by atoms with van der Waals surface area (Å²) in [6.07, 6.45) is 2.57. The van der Waals surface area contributed by atoms with E-state index in [0.29, 0.717) is 29.9 Å². The molecule has 0 aliphatic rings. The maximum atomic E-state index is 12.6. The number of furan rings is 1. The van der Waals surface area contributed by atoms with E-state index in [9.17, 15) is 9.59 Å². The topological polar surface area (TPSA) is 81.7 Å². The van der Waals surface area contributed by atoms with Gasteiger partial charge in [-0.25, -0.2) is 4.79 Å². The molecule has 1 amide bonds. The Hall–Kier alpha value is -3.38. The molecule has 2 aromatic carbocycles. The minimum Gasteiger partial charge on any atom is -0.464 e. The van der Waals surface area contributed by atoms with Gasteiger partial charge >= 0.3 is 5.63 Å². The van der Waals surface area contributed by atoms with Gasteiger partial charge in [0.2, 0.25) is 5.91 Å². The Morgan fingerprint density at radius 1 is 1.09 bits per heavy atom. The minimum atomic E-state index is -0.498. The lowest BCUT2D eigenvalue weighted by Gasteiger charge is -2.10. The third kappa shape index (κ3) is 4.60. The second-order valence-electron chi connectivity index (χ2n) is 8.15. The highest BCUT2D eigenvalue weighted by atomic mass is 16.5. The van der Waals surface area contributed by atoms with E-state index in [2.05, 4.69) is 5.32 Å².